The summed E-state index contributed by atoms with van der Waals surface area (Å²) in [5.74, 6) is -1.73. The number of benzene rings is 3. The van der Waals surface area contributed by atoms with E-state index in [0.29, 0.717) is 5.56 Å². The lowest BCUT2D eigenvalue weighted by atomic mass is 10.2. The molecule has 1 amide bonds. The van der Waals surface area contributed by atoms with E-state index in [2.05, 4.69) is 5.10 Å². The van der Waals surface area contributed by atoms with Crippen LogP contribution in [0.1, 0.15) is 21.5 Å². The van der Waals surface area contributed by atoms with E-state index in [4.69, 9.17) is 27.9 Å². The molecule has 0 spiro atoms. The fraction of sp³-hybridized carbons (Fsp3) is 0.0870. The van der Waals surface area contributed by atoms with Gasteiger partial charge in [-0.3, -0.25) is 4.79 Å². The maximum atomic E-state index is 13.2. The van der Waals surface area contributed by atoms with Gasteiger partial charge in [-0.25, -0.2) is 4.79 Å². The highest BCUT2D eigenvalue weighted by molar-refractivity contribution is 6.42. The molecule has 33 heavy (non-hydrogen) atoms. The van der Waals surface area contributed by atoms with E-state index in [-0.39, 0.29) is 21.3 Å². The molecule has 0 N–H and O–H groups in total. The Kier molecular flexibility index (Phi) is 7.73. The van der Waals surface area contributed by atoms with Crippen LogP contribution in [-0.4, -0.2) is 24.7 Å². The second-order valence-corrected chi connectivity index (χ2v) is 7.43. The van der Waals surface area contributed by atoms with Gasteiger partial charge in [-0.2, -0.15) is 23.3 Å². The molecule has 0 fully saturated rings. The summed E-state index contributed by atoms with van der Waals surface area (Å²) in [6.07, 6.45) is -3.31. The van der Waals surface area contributed by atoms with E-state index in [1.807, 2.05) is 0 Å². The van der Waals surface area contributed by atoms with E-state index >= 15 is 0 Å². The van der Waals surface area contributed by atoms with Crippen molar-refractivity contribution in [1.29, 1.82) is 0 Å². The molecule has 3 rings (SSSR count). The number of hydrogen-bond donors (Lipinski definition) is 0. The predicted octanol–water partition coefficient (Wildman–Crippen LogP) is 6.24. The van der Waals surface area contributed by atoms with Crippen molar-refractivity contribution in [1.82, 2.24) is 0 Å². The van der Waals surface area contributed by atoms with Gasteiger partial charge in [0.1, 0.15) is 0 Å². The van der Waals surface area contributed by atoms with Crippen LogP contribution in [0.3, 0.4) is 0 Å². The number of ether oxygens (including phenoxy) is 1. The molecule has 0 heterocycles. The SMILES string of the molecule is O=C(OCC(=O)N(/N=C\c1ccccc1)c1cccc(C(F)(F)F)c1)c1ccc(Cl)c(Cl)c1. The van der Waals surface area contributed by atoms with E-state index < -0.39 is 30.2 Å². The molecule has 0 saturated carbocycles. The Morgan fingerprint density at radius 3 is 2.33 bits per heavy atom. The minimum atomic E-state index is -4.62. The number of hydrogen-bond acceptors (Lipinski definition) is 4. The van der Waals surface area contributed by atoms with Gasteiger partial charge >= 0.3 is 12.1 Å². The Morgan fingerprint density at radius 1 is 0.939 bits per heavy atom. The largest absolute Gasteiger partial charge is 0.452 e. The van der Waals surface area contributed by atoms with Crippen molar-refractivity contribution in [3.05, 3.63) is 99.5 Å². The summed E-state index contributed by atoms with van der Waals surface area (Å²) < 4.78 is 44.5. The van der Waals surface area contributed by atoms with Crippen LogP contribution in [0.25, 0.3) is 0 Å². The number of carbonyl (C=O) groups is 2. The molecule has 3 aromatic rings. The molecule has 0 saturated heterocycles. The molecule has 0 radical (unpaired) electrons. The average Bonchev–Trinajstić information content (AvgIpc) is 2.79. The molecule has 0 bridgehead atoms. The first-order valence-electron chi connectivity index (χ1n) is 9.36. The highest BCUT2D eigenvalue weighted by Gasteiger charge is 2.31. The molecule has 10 heteroatoms. The number of amides is 1. The molecule has 3 aromatic carbocycles. The Bertz CT molecular complexity index is 1190. The van der Waals surface area contributed by atoms with Gasteiger partial charge in [0.15, 0.2) is 6.61 Å². The third-order valence-corrected chi connectivity index (χ3v) is 5.00. The fourth-order valence-corrected chi connectivity index (χ4v) is 2.95. The zero-order valence-corrected chi connectivity index (χ0v) is 18.2. The number of halogens is 5. The number of nitrogens with zero attached hydrogens (tertiary/aromatic N) is 2. The summed E-state index contributed by atoms with van der Waals surface area (Å²) in [5.41, 5.74) is -0.446. The predicted molar refractivity (Wildman–Crippen MR) is 120 cm³/mol. The van der Waals surface area contributed by atoms with Gasteiger partial charge in [0.05, 0.1) is 33.1 Å². The summed E-state index contributed by atoms with van der Waals surface area (Å²) in [5, 5.41) is 5.12. The lowest BCUT2D eigenvalue weighted by Crippen LogP contribution is -2.31. The second kappa shape index (κ2) is 10.5. The van der Waals surface area contributed by atoms with Gasteiger partial charge in [-0.1, -0.05) is 59.6 Å². The van der Waals surface area contributed by atoms with Gasteiger partial charge in [0.25, 0.3) is 5.91 Å². The summed E-state index contributed by atoms with van der Waals surface area (Å²) in [6.45, 7) is -0.776. The quantitative estimate of drug-likeness (QED) is 0.231. The topological polar surface area (TPSA) is 59.0 Å². The first kappa shape index (κ1) is 24.3. The number of hydrazone groups is 1. The average molecular weight is 495 g/mol. The molecule has 0 aliphatic carbocycles. The molecule has 0 aliphatic heterocycles. The summed E-state index contributed by atoms with van der Waals surface area (Å²) in [6, 6.07) is 16.7. The molecule has 0 unspecified atom stereocenters. The molecule has 5 nitrogen and oxygen atoms in total. The number of rotatable bonds is 6. The first-order chi connectivity index (χ1) is 15.6. The highest BCUT2D eigenvalue weighted by Crippen LogP contribution is 2.32. The van der Waals surface area contributed by atoms with Crippen molar-refractivity contribution in [2.45, 2.75) is 6.18 Å². The van der Waals surface area contributed by atoms with Crippen molar-refractivity contribution in [3.63, 3.8) is 0 Å². The van der Waals surface area contributed by atoms with Gasteiger partial charge < -0.3 is 4.74 Å². The maximum absolute atomic E-state index is 13.2. The third kappa shape index (κ3) is 6.57. The van der Waals surface area contributed by atoms with Crippen LogP contribution in [-0.2, 0) is 15.7 Å². The van der Waals surface area contributed by atoms with Gasteiger partial charge in [-0.05, 0) is 42.0 Å². The summed E-state index contributed by atoms with van der Waals surface area (Å²) >= 11 is 11.7. The van der Waals surface area contributed by atoms with Crippen molar-refractivity contribution in [2.75, 3.05) is 11.6 Å². The second-order valence-electron chi connectivity index (χ2n) is 6.61. The molecule has 0 atom stereocenters. The lowest BCUT2D eigenvalue weighted by Gasteiger charge is -2.18. The Hall–Kier alpha value is -3.36. The number of anilines is 1. The monoisotopic (exact) mass is 494 g/mol. The number of esters is 1. The van der Waals surface area contributed by atoms with Crippen LogP contribution in [0, 0.1) is 0 Å². The normalized spacial score (nSPS) is 11.4. The minimum absolute atomic E-state index is 0.0515. The maximum Gasteiger partial charge on any atom is 0.416 e. The van der Waals surface area contributed by atoms with Gasteiger partial charge in [0.2, 0.25) is 0 Å². The molecule has 0 aromatic heterocycles. The van der Waals surface area contributed by atoms with E-state index in [9.17, 15) is 22.8 Å². The fourth-order valence-electron chi connectivity index (χ4n) is 2.65. The Balaban J connectivity index is 1.84. The van der Waals surface area contributed by atoms with Gasteiger partial charge in [0, 0.05) is 0 Å². The van der Waals surface area contributed by atoms with E-state index in [0.717, 1.165) is 23.2 Å². The van der Waals surface area contributed by atoms with E-state index in [1.165, 1.54) is 30.5 Å². The van der Waals surface area contributed by atoms with Crippen molar-refractivity contribution in [3.8, 4) is 0 Å². The van der Waals surface area contributed by atoms with Crippen molar-refractivity contribution < 1.29 is 27.5 Å². The molecular formula is C23H15Cl2F3N2O3. The standard InChI is InChI=1S/C23H15Cl2F3N2O3/c24-19-10-9-16(11-20(19)25)22(32)33-14-21(31)30(29-13-15-5-2-1-3-6-15)18-8-4-7-17(12-18)23(26,27)28/h1-13H,14H2/b29-13-. The van der Waals surface area contributed by atoms with Gasteiger partial charge in [-0.15, -0.1) is 0 Å². The first-order valence-corrected chi connectivity index (χ1v) is 10.1. The highest BCUT2D eigenvalue weighted by atomic mass is 35.5. The third-order valence-electron chi connectivity index (χ3n) is 4.26. The lowest BCUT2D eigenvalue weighted by molar-refractivity contribution is -0.137. The Morgan fingerprint density at radius 2 is 1.67 bits per heavy atom. The van der Waals surface area contributed by atoms with Crippen molar-refractivity contribution >= 4 is 47.0 Å². The van der Waals surface area contributed by atoms with Crippen molar-refractivity contribution in [2.24, 2.45) is 5.10 Å². The number of carbonyl (C=O) groups excluding carboxylic acids is 2. The zero-order valence-electron chi connectivity index (χ0n) is 16.7. The smallest absolute Gasteiger partial charge is 0.416 e. The summed E-state index contributed by atoms with van der Waals surface area (Å²) in [7, 11) is 0. The zero-order chi connectivity index (χ0) is 24.0. The van der Waals surface area contributed by atoms with Crippen LogP contribution in [0.15, 0.2) is 77.9 Å². The number of alkyl halides is 3. The van der Waals surface area contributed by atoms with Crippen LogP contribution in [0.4, 0.5) is 18.9 Å². The van der Waals surface area contributed by atoms with Crippen LogP contribution >= 0.6 is 23.2 Å². The van der Waals surface area contributed by atoms with Crippen LogP contribution in [0.5, 0.6) is 0 Å². The van der Waals surface area contributed by atoms with E-state index in [1.54, 1.807) is 30.3 Å². The minimum Gasteiger partial charge on any atom is -0.452 e. The summed E-state index contributed by atoms with van der Waals surface area (Å²) in [4.78, 5) is 25.0. The Labute approximate surface area is 197 Å². The van der Waals surface area contributed by atoms with Crippen LogP contribution in [0.2, 0.25) is 10.0 Å². The molecule has 0 aliphatic rings. The van der Waals surface area contributed by atoms with Crippen LogP contribution < -0.4 is 5.01 Å². The molecular weight excluding hydrogens is 480 g/mol. The molecule has 170 valence electrons.